The zero-order valence-corrected chi connectivity index (χ0v) is 15.4. The summed E-state index contributed by atoms with van der Waals surface area (Å²) in [6.45, 7) is 0. The van der Waals surface area contributed by atoms with Crippen LogP contribution in [0.25, 0.3) is 11.3 Å². The second kappa shape index (κ2) is 7.88. The Labute approximate surface area is 155 Å². The lowest BCUT2D eigenvalue weighted by Gasteiger charge is -2.09. The molecule has 134 valence electrons. The lowest BCUT2D eigenvalue weighted by Crippen LogP contribution is -2.11. The number of amides is 1. The van der Waals surface area contributed by atoms with Crippen LogP contribution in [0.15, 0.2) is 47.8 Å². The fourth-order valence-corrected chi connectivity index (χ4v) is 3.09. The highest BCUT2D eigenvalue weighted by Gasteiger charge is 2.13. The predicted octanol–water partition coefficient (Wildman–Crippen LogP) is 4.09. The van der Waals surface area contributed by atoms with Crippen molar-refractivity contribution in [3.63, 3.8) is 0 Å². The molecule has 0 aliphatic heterocycles. The predicted molar refractivity (Wildman–Crippen MR) is 102 cm³/mol. The Bertz CT molecular complexity index is 906. The van der Waals surface area contributed by atoms with Crippen molar-refractivity contribution in [2.45, 2.75) is 0 Å². The van der Waals surface area contributed by atoms with Gasteiger partial charge in [0.25, 0.3) is 5.91 Å². The maximum atomic E-state index is 12.5. The molecule has 0 bridgehead atoms. The van der Waals surface area contributed by atoms with Crippen molar-refractivity contribution in [3.8, 4) is 28.5 Å². The first kappa shape index (κ1) is 17.8. The standard InChI is InChI=1S/C19H18N2O4S/c1-23-14-7-4-12(5-8-14)15-11-26-19(20-15)21-18(22)13-6-9-16(24-2)17(10-13)25-3/h4-11H,1-3H3,(H,20,21,22). The second-order valence-corrected chi connectivity index (χ2v) is 6.15. The van der Waals surface area contributed by atoms with E-state index in [1.165, 1.54) is 18.4 Å². The number of benzene rings is 2. The molecule has 1 heterocycles. The van der Waals surface area contributed by atoms with E-state index in [-0.39, 0.29) is 5.91 Å². The highest BCUT2D eigenvalue weighted by molar-refractivity contribution is 7.14. The van der Waals surface area contributed by atoms with Crippen LogP contribution in [-0.2, 0) is 0 Å². The normalized spacial score (nSPS) is 10.3. The third-order valence-electron chi connectivity index (χ3n) is 3.76. The van der Waals surface area contributed by atoms with E-state index < -0.39 is 0 Å². The van der Waals surface area contributed by atoms with E-state index in [0.29, 0.717) is 22.2 Å². The molecule has 1 amide bonds. The van der Waals surface area contributed by atoms with E-state index in [9.17, 15) is 4.79 Å². The fourth-order valence-electron chi connectivity index (χ4n) is 2.37. The summed E-state index contributed by atoms with van der Waals surface area (Å²) in [5, 5.41) is 5.23. The summed E-state index contributed by atoms with van der Waals surface area (Å²) < 4.78 is 15.6. The van der Waals surface area contributed by atoms with Gasteiger partial charge in [-0.1, -0.05) is 0 Å². The van der Waals surface area contributed by atoms with Gasteiger partial charge >= 0.3 is 0 Å². The first-order chi connectivity index (χ1) is 12.6. The molecule has 2 aromatic carbocycles. The SMILES string of the molecule is COc1ccc(-c2csc(NC(=O)c3ccc(OC)c(OC)c3)n2)cc1. The summed E-state index contributed by atoms with van der Waals surface area (Å²) in [6, 6.07) is 12.6. The molecule has 7 heteroatoms. The van der Waals surface area contributed by atoms with Gasteiger partial charge in [-0.3, -0.25) is 10.1 Å². The Morgan fingerprint density at radius 3 is 2.35 bits per heavy atom. The van der Waals surface area contributed by atoms with Crippen LogP contribution in [0.1, 0.15) is 10.4 Å². The van der Waals surface area contributed by atoms with Crippen LogP contribution < -0.4 is 19.5 Å². The first-order valence-corrected chi connectivity index (χ1v) is 8.66. The third kappa shape index (κ3) is 3.78. The molecule has 0 spiro atoms. The number of aromatic nitrogens is 1. The van der Waals surface area contributed by atoms with E-state index >= 15 is 0 Å². The maximum absolute atomic E-state index is 12.5. The Kier molecular flexibility index (Phi) is 5.38. The van der Waals surface area contributed by atoms with Crippen LogP contribution in [-0.4, -0.2) is 32.2 Å². The summed E-state index contributed by atoms with van der Waals surface area (Å²) >= 11 is 1.36. The maximum Gasteiger partial charge on any atom is 0.257 e. The number of methoxy groups -OCH3 is 3. The lowest BCUT2D eigenvalue weighted by atomic mass is 10.2. The average Bonchev–Trinajstić information content (AvgIpc) is 3.15. The Morgan fingerprint density at radius 2 is 1.69 bits per heavy atom. The molecule has 1 N–H and O–H groups in total. The van der Waals surface area contributed by atoms with E-state index in [2.05, 4.69) is 10.3 Å². The molecule has 0 radical (unpaired) electrons. The van der Waals surface area contributed by atoms with Crippen LogP contribution >= 0.6 is 11.3 Å². The molecular formula is C19H18N2O4S. The molecule has 1 aromatic heterocycles. The summed E-state index contributed by atoms with van der Waals surface area (Å²) in [5.41, 5.74) is 2.21. The number of carbonyl (C=O) groups is 1. The zero-order valence-electron chi connectivity index (χ0n) is 14.6. The van der Waals surface area contributed by atoms with Crippen LogP contribution in [0.4, 0.5) is 5.13 Å². The van der Waals surface area contributed by atoms with Gasteiger partial charge in [0.2, 0.25) is 0 Å². The minimum Gasteiger partial charge on any atom is -0.497 e. The van der Waals surface area contributed by atoms with Crippen molar-refractivity contribution >= 4 is 22.4 Å². The first-order valence-electron chi connectivity index (χ1n) is 7.78. The van der Waals surface area contributed by atoms with Crippen molar-refractivity contribution in [1.82, 2.24) is 4.98 Å². The summed E-state index contributed by atoms with van der Waals surface area (Å²) in [7, 11) is 4.70. The van der Waals surface area contributed by atoms with Crippen molar-refractivity contribution in [3.05, 3.63) is 53.4 Å². The van der Waals surface area contributed by atoms with Gasteiger partial charge in [-0.05, 0) is 42.5 Å². The van der Waals surface area contributed by atoms with Gasteiger partial charge in [0.05, 0.1) is 27.0 Å². The molecule has 0 aliphatic carbocycles. The number of hydrogen-bond acceptors (Lipinski definition) is 6. The van der Waals surface area contributed by atoms with Gasteiger partial charge in [-0.2, -0.15) is 0 Å². The van der Waals surface area contributed by atoms with E-state index in [1.807, 2.05) is 29.6 Å². The van der Waals surface area contributed by atoms with Crippen LogP contribution in [0.5, 0.6) is 17.2 Å². The second-order valence-electron chi connectivity index (χ2n) is 5.29. The number of carbonyl (C=O) groups excluding carboxylic acids is 1. The molecule has 0 fully saturated rings. The van der Waals surface area contributed by atoms with Gasteiger partial charge < -0.3 is 14.2 Å². The smallest absolute Gasteiger partial charge is 0.257 e. The van der Waals surface area contributed by atoms with E-state index in [4.69, 9.17) is 14.2 Å². The van der Waals surface area contributed by atoms with Gasteiger partial charge in [0.15, 0.2) is 16.6 Å². The topological polar surface area (TPSA) is 69.7 Å². The molecule has 3 aromatic rings. The van der Waals surface area contributed by atoms with Crippen LogP contribution in [0.2, 0.25) is 0 Å². The zero-order chi connectivity index (χ0) is 18.5. The van der Waals surface area contributed by atoms with Crippen LogP contribution in [0, 0.1) is 0 Å². The van der Waals surface area contributed by atoms with Crippen molar-refractivity contribution in [2.24, 2.45) is 0 Å². The van der Waals surface area contributed by atoms with Crippen molar-refractivity contribution in [2.75, 3.05) is 26.6 Å². The molecule has 6 nitrogen and oxygen atoms in total. The number of hydrogen-bond donors (Lipinski definition) is 1. The fraction of sp³-hybridized carbons (Fsp3) is 0.158. The Balaban J connectivity index is 1.75. The Hall–Kier alpha value is -3.06. The largest absolute Gasteiger partial charge is 0.497 e. The van der Waals surface area contributed by atoms with Gasteiger partial charge in [-0.15, -0.1) is 11.3 Å². The number of thiazole rings is 1. The minimum absolute atomic E-state index is 0.262. The van der Waals surface area contributed by atoms with Gasteiger partial charge in [0.1, 0.15) is 5.75 Å². The molecule has 0 atom stereocenters. The summed E-state index contributed by atoms with van der Waals surface area (Å²) in [4.78, 5) is 16.9. The molecule has 26 heavy (non-hydrogen) atoms. The number of ether oxygens (including phenoxy) is 3. The van der Waals surface area contributed by atoms with E-state index in [1.54, 1.807) is 32.4 Å². The average molecular weight is 370 g/mol. The third-order valence-corrected chi connectivity index (χ3v) is 4.51. The minimum atomic E-state index is -0.262. The highest BCUT2D eigenvalue weighted by Crippen LogP contribution is 2.29. The quantitative estimate of drug-likeness (QED) is 0.708. The molecular weight excluding hydrogens is 352 g/mol. The Morgan fingerprint density at radius 1 is 0.962 bits per heavy atom. The summed E-state index contributed by atoms with van der Waals surface area (Å²) in [5.74, 6) is 1.59. The number of rotatable bonds is 6. The monoisotopic (exact) mass is 370 g/mol. The molecule has 0 saturated carbocycles. The van der Waals surface area contributed by atoms with Crippen molar-refractivity contribution in [1.29, 1.82) is 0 Å². The van der Waals surface area contributed by atoms with E-state index in [0.717, 1.165) is 17.0 Å². The highest BCUT2D eigenvalue weighted by atomic mass is 32.1. The number of nitrogens with one attached hydrogen (secondary N) is 1. The molecule has 0 unspecified atom stereocenters. The van der Waals surface area contributed by atoms with Crippen molar-refractivity contribution < 1.29 is 19.0 Å². The lowest BCUT2D eigenvalue weighted by molar-refractivity contribution is 0.102. The molecule has 3 rings (SSSR count). The van der Waals surface area contributed by atoms with Gasteiger partial charge in [0, 0.05) is 16.5 Å². The summed E-state index contributed by atoms with van der Waals surface area (Å²) in [6.07, 6.45) is 0. The number of anilines is 1. The number of nitrogens with zero attached hydrogens (tertiary/aromatic N) is 1. The van der Waals surface area contributed by atoms with Crippen LogP contribution in [0.3, 0.4) is 0 Å². The molecule has 0 saturated heterocycles. The van der Waals surface area contributed by atoms with Gasteiger partial charge in [-0.25, -0.2) is 4.98 Å². The molecule has 0 aliphatic rings.